The van der Waals surface area contributed by atoms with Crippen LogP contribution in [-0.4, -0.2) is 63.8 Å². The maximum Gasteiger partial charge on any atom is 0.186 e. The highest BCUT2D eigenvalue weighted by atomic mass is 16.7. The normalized spacial score (nSPS) is 36.0. The Bertz CT molecular complexity index is 260. The zero-order valence-electron chi connectivity index (χ0n) is 12.3. The van der Waals surface area contributed by atoms with Gasteiger partial charge in [-0.25, -0.2) is 0 Å². The molecule has 20 heavy (non-hydrogen) atoms. The molecular formula is C14H28O6. The summed E-state index contributed by atoms with van der Waals surface area (Å²) in [5, 5.41) is 38.5. The Morgan fingerprint density at radius 1 is 1.00 bits per heavy atom. The first-order valence-corrected chi connectivity index (χ1v) is 7.51. The predicted molar refractivity (Wildman–Crippen MR) is 73.1 cm³/mol. The van der Waals surface area contributed by atoms with E-state index in [1.807, 2.05) is 0 Å². The van der Waals surface area contributed by atoms with Crippen LogP contribution in [0.3, 0.4) is 0 Å². The lowest BCUT2D eigenvalue weighted by molar-refractivity contribution is -0.312. The van der Waals surface area contributed by atoms with E-state index in [0.717, 1.165) is 32.1 Å². The zero-order chi connectivity index (χ0) is 15.1. The average molecular weight is 292 g/mol. The Kier molecular flexibility index (Phi) is 7.94. The quantitative estimate of drug-likeness (QED) is 0.509. The van der Waals surface area contributed by atoms with Crippen molar-refractivity contribution in [3.05, 3.63) is 0 Å². The highest BCUT2D eigenvalue weighted by Crippen LogP contribution is 2.25. The molecule has 0 aromatic carbocycles. The fraction of sp³-hybridized carbons (Fsp3) is 1.00. The lowest BCUT2D eigenvalue weighted by Gasteiger charge is -2.40. The number of aliphatic hydroxyl groups excluding tert-OH is 4. The van der Waals surface area contributed by atoms with Crippen molar-refractivity contribution in [1.82, 2.24) is 0 Å². The van der Waals surface area contributed by atoms with Gasteiger partial charge in [0.05, 0.1) is 12.7 Å². The molecular weight excluding hydrogens is 264 g/mol. The predicted octanol–water partition coefficient (Wildman–Crippen LogP) is 0.162. The van der Waals surface area contributed by atoms with E-state index in [9.17, 15) is 15.3 Å². The maximum atomic E-state index is 9.92. The van der Waals surface area contributed by atoms with Crippen molar-refractivity contribution >= 4 is 0 Å². The summed E-state index contributed by atoms with van der Waals surface area (Å²) in [5.41, 5.74) is 0. The standard InChI is InChI=1S/C14H28O6/c1-3-5-7-9(6-4-2)19-14-13(18)12(17)11(16)10(8-15)20-14/h9-18H,3-8H2,1-2H3/t9?,10?,11-,12?,13?,14-/m1/s1. The minimum atomic E-state index is -1.38. The van der Waals surface area contributed by atoms with Crippen molar-refractivity contribution < 1.29 is 29.9 Å². The Balaban J connectivity index is 2.62. The van der Waals surface area contributed by atoms with E-state index in [4.69, 9.17) is 14.6 Å². The highest BCUT2D eigenvalue weighted by Gasteiger charge is 2.44. The van der Waals surface area contributed by atoms with Crippen molar-refractivity contribution in [2.45, 2.75) is 82.8 Å². The molecule has 0 bridgehead atoms. The fourth-order valence-corrected chi connectivity index (χ4v) is 2.40. The minimum absolute atomic E-state index is 0.0543. The van der Waals surface area contributed by atoms with E-state index in [-0.39, 0.29) is 6.10 Å². The molecule has 1 aliphatic rings. The van der Waals surface area contributed by atoms with E-state index in [0.29, 0.717) is 0 Å². The molecule has 120 valence electrons. The van der Waals surface area contributed by atoms with Gasteiger partial charge >= 0.3 is 0 Å². The maximum absolute atomic E-state index is 9.92. The molecule has 0 aromatic rings. The van der Waals surface area contributed by atoms with Crippen molar-refractivity contribution in [2.75, 3.05) is 6.61 Å². The van der Waals surface area contributed by atoms with Gasteiger partial charge in [0, 0.05) is 0 Å². The first-order chi connectivity index (χ1) is 9.54. The van der Waals surface area contributed by atoms with Gasteiger partial charge in [0.2, 0.25) is 0 Å². The van der Waals surface area contributed by atoms with Crippen LogP contribution in [0.5, 0.6) is 0 Å². The van der Waals surface area contributed by atoms with Gasteiger partial charge in [-0.05, 0) is 12.8 Å². The van der Waals surface area contributed by atoms with E-state index >= 15 is 0 Å². The highest BCUT2D eigenvalue weighted by molar-refractivity contribution is 4.89. The van der Waals surface area contributed by atoms with Crippen molar-refractivity contribution in [1.29, 1.82) is 0 Å². The fourth-order valence-electron chi connectivity index (χ4n) is 2.40. The second-order valence-corrected chi connectivity index (χ2v) is 5.39. The number of unbranched alkanes of at least 4 members (excludes halogenated alkanes) is 1. The number of ether oxygens (including phenoxy) is 2. The van der Waals surface area contributed by atoms with E-state index in [2.05, 4.69) is 13.8 Å². The van der Waals surface area contributed by atoms with Gasteiger partial charge in [-0.1, -0.05) is 33.1 Å². The second kappa shape index (κ2) is 8.92. The van der Waals surface area contributed by atoms with Gasteiger partial charge in [-0.2, -0.15) is 0 Å². The Morgan fingerprint density at radius 3 is 2.25 bits per heavy atom. The summed E-state index contributed by atoms with van der Waals surface area (Å²) in [6.45, 7) is 3.71. The smallest absolute Gasteiger partial charge is 0.186 e. The number of rotatable bonds is 8. The van der Waals surface area contributed by atoms with E-state index in [1.165, 1.54) is 0 Å². The first-order valence-electron chi connectivity index (χ1n) is 7.51. The Morgan fingerprint density at radius 2 is 1.70 bits per heavy atom. The molecule has 6 nitrogen and oxygen atoms in total. The molecule has 1 saturated heterocycles. The summed E-state index contributed by atoms with van der Waals surface area (Å²) < 4.78 is 11.1. The van der Waals surface area contributed by atoms with Crippen LogP contribution in [-0.2, 0) is 9.47 Å². The Hall–Kier alpha value is -0.240. The van der Waals surface area contributed by atoms with Crippen LogP contribution in [0.2, 0.25) is 0 Å². The molecule has 0 aliphatic carbocycles. The minimum Gasteiger partial charge on any atom is -0.394 e. The van der Waals surface area contributed by atoms with Crippen molar-refractivity contribution in [2.24, 2.45) is 0 Å². The van der Waals surface area contributed by atoms with Gasteiger partial charge < -0.3 is 29.9 Å². The van der Waals surface area contributed by atoms with Gasteiger partial charge in [0.15, 0.2) is 6.29 Å². The molecule has 0 amide bonds. The van der Waals surface area contributed by atoms with Crippen LogP contribution in [0.4, 0.5) is 0 Å². The molecule has 0 saturated carbocycles. The van der Waals surface area contributed by atoms with Gasteiger partial charge in [0.25, 0.3) is 0 Å². The zero-order valence-corrected chi connectivity index (χ0v) is 12.3. The summed E-state index contributed by atoms with van der Waals surface area (Å²) in [5.74, 6) is 0. The average Bonchev–Trinajstić information content (AvgIpc) is 2.45. The third kappa shape index (κ3) is 4.65. The van der Waals surface area contributed by atoms with E-state index < -0.39 is 37.3 Å². The number of hydrogen-bond donors (Lipinski definition) is 4. The third-order valence-corrected chi connectivity index (χ3v) is 3.67. The third-order valence-electron chi connectivity index (χ3n) is 3.67. The molecule has 1 rings (SSSR count). The molecule has 0 spiro atoms. The van der Waals surface area contributed by atoms with Gasteiger partial charge in [-0.3, -0.25) is 0 Å². The summed E-state index contributed by atoms with van der Waals surface area (Å²) >= 11 is 0. The summed E-state index contributed by atoms with van der Waals surface area (Å²) in [7, 11) is 0. The summed E-state index contributed by atoms with van der Waals surface area (Å²) in [6.07, 6.45) is -1.28. The molecule has 1 heterocycles. The molecule has 4 unspecified atom stereocenters. The van der Waals surface area contributed by atoms with Crippen LogP contribution < -0.4 is 0 Å². The molecule has 0 aromatic heterocycles. The largest absolute Gasteiger partial charge is 0.394 e. The Labute approximate surface area is 120 Å². The monoisotopic (exact) mass is 292 g/mol. The summed E-state index contributed by atoms with van der Waals surface area (Å²) in [6, 6.07) is 0. The SMILES string of the molecule is CCCCC(CCC)O[C@@H]1OC(CO)[C@@H](O)C(O)C1O. The molecule has 4 N–H and O–H groups in total. The van der Waals surface area contributed by atoms with Crippen LogP contribution in [0.25, 0.3) is 0 Å². The lowest BCUT2D eigenvalue weighted by Crippen LogP contribution is -2.59. The van der Waals surface area contributed by atoms with Crippen LogP contribution in [0.15, 0.2) is 0 Å². The van der Waals surface area contributed by atoms with Crippen LogP contribution >= 0.6 is 0 Å². The lowest BCUT2D eigenvalue weighted by atomic mass is 9.99. The molecule has 1 aliphatic heterocycles. The number of aliphatic hydroxyl groups is 4. The molecule has 6 heteroatoms. The summed E-state index contributed by atoms with van der Waals surface area (Å²) in [4.78, 5) is 0. The molecule has 6 atom stereocenters. The van der Waals surface area contributed by atoms with Gasteiger partial charge in [-0.15, -0.1) is 0 Å². The van der Waals surface area contributed by atoms with Crippen LogP contribution in [0.1, 0.15) is 46.0 Å². The van der Waals surface area contributed by atoms with Crippen LogP contribution in [0, 0.1) is 0 Å². The molecule has 1 fully saturated rings. The molecule has 0 radical (unpaired) electrons. The second-order valence-electron chi connectivity index (χ2n) is 5.39. The van der Waals surface area contributed by atoms with Crippen molar-refractivity contribution in [3.8, 4) is 0 Å². The first kappa shape index (κ1) is 17.8. The van der Waals surface area contributed by atoms with E-state index in [1.54, 1.807) is 0 Å². The topological polar surface area (TPSA) is 99.4 Å². The number of hydrogen-bond acceptors (Lipinski definition) is 6. The van der Waals surface area contributed by atoms with Gasteiger partial charge in [0.1, 0.15) is 24.4 Å². The van der Waals surface area contributed by atoms with Crippen molar-refractivity contribution in [3.63, 3.8) is 0 Å².